The van der Waals surface area contributed by atoms with Crippen LogP contribution in [-0.4, -0.2) is 40.9 Å². The summed E-state index contributed by atoms with van der Waals surface area (Å²) >= 11 is 0. The van der Waals surface area contributed by atoms with Crippen molar-refractivity contribution < 1.29 is 18.9 Å². The van der Waals surface area contributed by atoms with Crippen LogP contribution in [0.3, 0.4) is 0 Å². The van der Waals surface area contributed by atoms with E-state index in [1.54, 1.807) is 0 Å². The van der Waals surface area contributed by atoms with Crippen LogP contribution < -0.4 is 0 Å². The number of hydrogen-bond acceptors (Lipinski definition) is 3. The monoisotopic (exact) mass is 281 g/mol. The van der Waals surface area contributed by atoms with Crippen molar-refractivity contribution in [2.75, 3.05) is 26.2 Å². The normalized spacial score (nSPS) is 12.3. The van der Waals surface area contributed by atoms with Crippen molar-refractivity contribution in [3.63, 3.8) is 0 Å². The van der Waals surface area contributed by atoms with Gasteiger partial charge in [0.05, 0.1) is 6.61 Å². The fourth-order valence-electron chi connectivity index (χ4n) is 1.80. The van der Waals surface area contributed by atoms with E-state index in [0.29, 0.717) is 6.54 Å². The molecule has 0 aromatic rings. The lowest BCUT2D eigenvalue weighted by Gasteiger charge is -2.22. The standard InChI is InChI=1S/C12H28NO4P/c1-3-5-7-9-13(10-8-6-4-2)11-12-17-18(14,15)16/h3-12H2,1-2H3,(H2,14,15,16). The maximum absolute atomic E-state index is 10.6. The van der Waals surface area contributed by atoms with Crippen LogP contribution in [0.5, 0.6) is 0 Å². The molecule has 0 saturated heterocycles. The molecule has 0 bridgehead atoms. The van der Waals surface area contributed by atoms with Gasteiger partial charge in [-0.3, -0.25) is 4.52 Å². The van der Waals surface area contributed by atoms with E-state index in [-0.39, 0.29) is 6.61 Å². The first-order valence-corrected chi connectivity index (χ1v) is 8.45. The first-order chi connectivity index (χ1) is 8.49. The maximum atomic E-state index is 10.6. The van der Waals surface area contributed by atoms with Gasteiger partial charge in [0, 0.05) is 6.54 Å². The maximum Gasteiger partial charge on any atom is 0.469 e. The van der Waals surface area contributed by atoms with E-state index in [1.807, 2.05) is 0 Å². The summed E-state index contributed by atoms with van der Waals surface area (Å²) in [6.45, 7) is 7.00. The van der Waals surface area contributed by atoms with Crippen molar-refractivity contribution in [2.45, 2.75) is 52.4 Å². The minimum Gasteiger partial charge on any atom is -0.303 e. The molecule has 0 aliphatic rings. The van der Waals surface area contributed by atoms with Gasteiger partial charge in [0.25, 0.3) is 0 Å². The summed E-state index contributed by atoms with van der Waals surface area (Å²) in [6, 6.07) is 0. The topological polar surface area (TPSA) is 70.0 Å². The Kier molecular flexibility index (Phi) is 11.0. The molecule has 0 unspecified atom stereocenters. The van der Waals surface area contributed by atoms with Gasteiger partial charge in [0.2, 0.25) is 0 Å². The Morgan fingerprint density at radius 2 is 1.44 bits per heavy atom. The predicted molar refractivity (Wildman–Crippen MR) is 73.5 cm³/mol. The molecule has 0 aliphatic heterocycles. The minimum absolute atomic E-state index is 0.0997. The molecular formula is C12H28NO4P. The largest absolute Gasteiger partial charge is 0.469 e. The molecule has 6 heteroatoms. The van der Waals surface area contributed by atoms with Gasteiger partial charge < -0.3 is 14.7 Å². The lowest BCUT2D eigenvalue weighted by molar-refractivity contribution is 0.158. The van der Waals surface area contributed by atoms with Crippen LogP contribution in [0.25, 0.3) is 0 Å². The third kappa shape index (κ3) is 12.5. The molecule has 0 aromatic carbocycles. The zero-order valence-corrected chi connectivity index (χ0v) is 12.6. The molecule has 0 saturated carbocycles. The molecule has 0 amide bonds. The van der Waals surface area contributed by atoms with E-state index in [0.717, 1.165) is 25.9 Å². The van der Waals surface area contributed by atoms with Crippen LogP contribution >= 0.6 is 7.82 Å². The van der Waals surface area contributed by atoms with Gasteiger partial charge in [0.15, 0.2) is 0 Å². The van der Waals surface area contributed by atoms with Gasteiger partial charge in [-0.15, -0.1) is 0 Å². The highest BCUT2D eigenvalue weighted by atomic mass is 31.2. The Hall–Kier alpha value is 0.0700. The molecule has 0 aromatic heterocycles. The SMILES string of the molecule is CCCCCN(CCCCC)CCOP(=O)(O)O. The van der Waals surface area contributed by atoms with E-state index in [2.05, 4.69) is 23.3 Å². The Morgan fingerprint density at radius 3 is 1.83 bits per heavy atom. The number of nitrogens with zero attached hydrogens (tertiary/aromatic N) is 1. The zero-order valence-electron chi connectivity index (χ0n) is 11.7. The van der Waals surface area contributed by atoms with E-state index in [1.165, 1.54) is 25.7 Å². The van der Waals surface area contributed by atoms with Crippen molar-refractivity contribution in [3.8, 4) is 0 Å². The number of phosphoric acid groups is 1. The highest BCUT2D eigenvalue weighted by Crippen LogP contribution is 2.35. The molecule has 0 heterocycles. The average Bonchev–Trinajstić information content (AvgIpc) is 2.27. The highest BCUT2D eigenvalue weighted by molar-refractivity contribution is 7.46. The van der Waals surface area contributed by atoms with Gasteiger partial charge in [-0.1, -0.05) is 39.5 Å². The average molecular weight is 281 g/mol. The smallest absolute Gasteiger partial charge is 0.303 e. The van der Waals surface area contributed by atoms with Crippen LogP contribution in [0.4, 0.5) is 0 Å². The fourth-order valence-corrected chi connectivity index (χ4v) is 2.11. The van der Waals surface area contributed by atoms with E-state index in [9.17, 15) is 4.57 Å². The lowest BCUT2D eigenvalue weighted by Crippen LogP contribution is -2.29. The number of rotatable bonds is 12. The van der Waals surface area contributed by atoms with E-state index in [4.69, 9.17) is 9.79 Å². The summed E-state index contributed by atoms with van der Waals surface area (Å²) in [5.41, 5.74) is 0. The van der Waals surface area contributed by atoms with Crippen LogP contribution in [0.2, 0.25) is 0 Å². The van der Waals surface area contributed by atoms with Crippen LogP contribution in [0, 0.1) is 0 Å². The molecule has 0 atom stereocenters. The number of phosphoric ester groups is 1. The second-order valence-electron chi connectivity index (χ2n) is 4.58. The summed E-state index contributed by atoms with van der Waals surface area (Å²) < 4.78 is 15.1. The molecule has 0 aliphatic carbocycles. The van der Waals surface area contributed by atoms with E-state index < -0.39 is 7.82 Å². The molecule has 0 radical (unpaired) electrons. The molecule has 2 N–H and O–H groups in total. The molecular weight excluding hydrogens is 253 g/mol. The van der Waals surface area contributed by atoms with E-state index >= 15 is 0 Å². The van der Waals surface area contributed by atoms with Crippen molar-refractivity contribution in [3.05, 3.63) is 0 Å². The number of unbranched alkanes of at least 4 members (excludes halogenated alkanes) is 4. The Labute approximate surface area is 111 Å². The quantitative estimate of drug-likeness (QED) is 0.425. The summed E-state index contributed by atoms with van der Waals surface area (Å²) in [6.07, 6.45) is 7.04. The van der Waals surface area contributed by atoms with Crippen LogP contribution in [0.15, 0.2) is 0 Å². The molecule has 5 nitrogen and oxygen atoms in total. The second kappa shape index (κ2) is 10.9. The van der Waals surface area contributed by atoms with Gasteiger partial charge in [-0.2, -0.15) is 0 Å². The van der Waals surface area contributed by atoms with Gasteiger partial charge in [0.1, 0.15) is 0 Å². The second-order valence-corrected chi connectivity index (χ2v) is 5.82. The zero-order chi connectivity index (χ0) is 13.9. The molecule has 0 rings (SSSR count). The van der Waals surface area contributed by atoms with Crippen molar-refractivity contribution in [2.24, 2.45) is 0 Å². The van der Waals surface area contributed by atoms with Crippen LogP contribution in [-0.2, 0) is 9.09 Å². The molecule has 110 valence electrons. The third-order valence-corrected chi connectivity index (χ3v) is 3.34. The van der Waals surface area contributed by atoms with Gasteiger partial charge in [-0.25, -0.2) is 4.57 Å². The first-order valence-electron chi connectivity index (χ1n) is 6.92. The lowest BCUT2D eigenvalue weighted by atomic mass is 10.2. The molecule has 18 heavy (non-hydrogen) atoms. The van der Waals surface area contributed by atoms with Crippen LogP contribution in [0.1, 0.15) is 52.4 Å². The molecule has 0 spiro atoms. The predicted octanol–water partition coefficient (Wildman–Crippen LogP) is 2.78. The fraction of sp³-hybridized carbons (Fsp3) is 1.00. The summed E-state index contributed by atoms with van der Waals surface area (Å²) in [5, 5.41) is 0. The minimum atomic E-state index is -4.31. The third-order valence-electron chi connectivity index (χ3n) is 2.82. The Balaban J connectivity index is 3.84. The van der Waals surface area contributed by atoms with Crippen molar-refractivity contribution in [1.29, 1.82) is 0 Å². The highest BCUT2D eigenvalue weighted by Gasteiger charge is 2.14. The Bertz CT molecular complexity index is 222. The summed E-state index contributed by atoms with van der Waals surface area (Å²) in [4.78, 5) is 19.5. The Morgan fingerprint density at radius 1 is 0.944 bits per heavy atom. The number of hydrogen-bond donors (Lipinski definition) is 2. The van der Waals surface area contributed by atoms with Crippen molar-refractivity contribution >= 4 is 7.82 Å². The summed E-state index contributed by atoms with van der Waals surface area (Å²) in [7, 11) is -4.31. The first kappa shape index (κ1) is 18.1. The van der Waals surface area contributed by atoms with Crippen molar-refractivity contribution in [1.82, 2.24) is 4.90 Å². The summed E-state index contributed by atoms with van der Waals surface area (Å²) in [5.74, 6) is 0. The van der Waals surface area contributed by atoms with Gasteiger partial charge in [-0.05, 0) is 25.9 Å². The molecule has 0 fully saturated rings. The van der Waals surface area contributed by atoms with Gasteiger partial charge >= 0.3 is 7.82 Å².